The summed E-state index contributed by atoms with van der Waals surface area (Å²) in [5.74, 6) is -1.01. The average Bonchev–Trinajstić information content (AvgIpc) is 2.70. The van der Waals surface area contributed by atoms with Crippen LogP contribution in [0.1, 0.15) is 6.42 Å². The SMILES string of the molecule is COC1CC(C(=O)O)N(C(=O)NCCN)C1. The molecule has 1 heterocycles. The predicted octanol–water partition coefficient (Wildman–Crippen LogP) is -1.17. The molecule has 0 radical (unpaired) electrons. The number of ether oxygens (including phenoxy) is 1. The summed E-state index contributed by atoms with van der Waals surface area (Å²) in [4.78, 5) is 23.8. The smallest absolute Gasteiger partial charge is 0.326 e. The molecule has 0 aromatic heterocycles. The van der Waals surface area contributed by atoms with Crippen molar-refractivity contribution in [1.82, 2.24) is 10.2 Å². The van der Waals surface area contributed by atoms with Crippen molar-refractivity contribution in [1.29, 1.82) is 0 Å². The van der Waals surface area contributed by atoms with Gasteiger partial charge in [-0.05, 0) is 0 Å². The number of urea groups is 1. The molecular formula is C9H17N3O4. The van der Waals surface area contributed by atoms with Gasteiger partial charge in [-0.15, -0.1) is 0 Å². The van der Waals surface area contributed by atoms with Gasteiger partial charge in [-0.25, -0.2) is 9.59 Å². The van der Waals surface area contributed by atoms with Crippen molar-refractivity contribution in [2.45, 2.75) is 18.6 Å². The zero-order valence-electron chi connectivity index (χ0n) is 9.18. The summed E-state index contributed by atoms with van der Waals surface area (Å²) < 4.78 is 5.07. The Morgan fingerprint density at radius 2 is 2.31 bits per heavy atom. The van der Waals surface area contributed by atoms with E-state index in [0.29, 0.717) is 26.1 Å². The van der Waals surface area contributed by atoms with Crippen molar-refractivity contribution in [3.8, 4) is 0 Å². The highest BCUT2D eigenvalue weighted by Crippen LogP contribution is 2.20. The number of carboxylic acid groups (broad SMARTS) is 1. The van der Waals surface area contributed by atoms with Crippen LogP contribution in [0.25, 0.3) is 0 Å². The van der Waals surface area contributed by atoms with E-state index in [1.54, 1.807) is 0 Å². The standard InChI is InChI=1S/C9H17N3O4/c1-16-6-4-7(8(13)14)12(5-6)9(15)11-3-2-10/h6-7H,2-5,10H2,1H3,(H,11,15)(H,13,14). The van der Waals surface area contributed by atoms with Gasteiger partial charge in [-0.2, -0.15) is 0 Å². The van der Waals surface area contributed by atoms with Gasteiger partial charge in [-0.1, -0.05) is 0 Å². The summed E-state index contributed by atoms with van der Waals surface area (Å²) in [6.07, 6.45) is 0.103. The molecule has 2 unspecified atom stereocenters. The minimum absolute atomic E-state index is 0.218. The van der Waals surface area contributed by atoms with E-state index < -0.39 is 18.0 Å². The number of rotatable bonds is 4. The van der Waals surface area contributed by atoms with Crippen molar-refractivity contribution in [3.63, 3.8) is 0 Å². The van der Waals surface area contributed by atoms with Gasteiger partial charge in [0.15, 0.2) is 0 Å². The second-order valence-electron chi connectivity index (χ2n) is 3.62. The van der Waals surface area contributed by atoms with Crippen LogP contribution in [-0.4, -0.2) is 60.9 Å². The van der Waals surface area contributed by atoms with Crippen LogP contribution in [-0.2, 0) is 9.53 Å². The summed E-state index contributed by atoms with van der Waals surface area (Å²) in [5.41, 5.74) is 5.25. The van der Waals surface area contributed by atoms with Crippen LogP contribution in [0, 0.1) is 0 Å². The number of hydrogen-bond acceptors (Lipinski definition) is 4. The third-order valence-electron chi connectivity index (χ3n) is 2.56. The maximum absolute atomic E-state index is 11.6. The van der Waals surface area contributed by atoms with Crippen molar-refractivity contribution in [2.24, 2.45) is 5.73 Å². The van der Waals surface area contributed by atoms with Crippen molar-refractivity contribution >= 4 is 12.0 Å². The molecule has 0 spiro atoms. The minimum atomic E-state index is -1.01. The van der Waals surface area contributed by atoms with E-state index >= 15 is 0 Å². The first-order chi connectivity index (χ1) is 7.60. The van der Waals surface area contributed by atoms with E-state index in [4.69, 9.17) is 15.6 Å². The van der Waals surface area contributed by atoms with Gasteiger partial charge in [-0.3, -0.25) is 0 Å². The van der Waals surface area contributed by atoms with Crippen LogP contribution in [0.5, 0.6) is 0 Å². The Labute approximate surface area is 93.5 Å². The van der Waals surface area contributed by atoms with Gasteiger partial charge in [0.2, 0.25) is 0 Å². The van der Waals surface area contributed by atoms with E-state index in [1.807, 2.05) is 0 Å². The van der Waals surface area contributed by atoms with E-state index in [-0.39, 0.29) is 6.10 Å². The van der Waals surface area contributed by atoms with Crippen LogP contribution in [0.4, 0.5) is 4.79 Å². The Kier molecular flexibility index (Phi) is 4.51. The molecule has 4 N–H and O–H groups in total. The lowest BCUT2D eigenvalue weighted by Crippen LogP contribution is -2.47. The van der Waals surface area contributed by atoms with Gasteiger partial charge in [0, 0.05) is 33.2 Å². The van der Waals surface area contributed by atoms with Gasteiger partial charge in [0.25, 0.3) is 0 Å². The Hall–Kier alpha value is -1.34. The number of methoxy groups -OCH3 is 1. The molecule has 0 bridgehead atoms. The average molecular weight is 231 g/mol. The molecule has 7 nitrogen and oxygen atoms in total. The normalized spacial score (nSPS) is 24.5. The lowest BCUT2D eigenvalue weighted by Gasteiger charge is -2.21. The lowest BCUT2D eigenvalue weighted by molar-refractivity contribution is -0.141. The zero-order chi connectivity index (χ0) is 12.1. The fourth-order valence-electron chi connectivity index (χ4n) is 1.71. The fourth-order valence-corrected chi connectivity index (χ4v) is 1.71. The summed E-state index contributed by atoms with van der Waals surface area (Å²) in [5, 5.41) is 11.5. The van der Waals surface area contributed by atoms with Gasteiger partial charge in [0.05, 0.1) is 6.10 Å². The molecule has 0 aliphatic carbocycles. The highest BCUT2D eigenvalue weighted by atomic mass is 16.5. The fraction of sp³-hybridized carbons (Fsp3) is 0.778. The molecule has 2 atom stereocenters. The number of carbonyl (C=O) groups excluding carboxylic acids is 1. The zero-order valence-corrected chi connectivity index (χ0v) is 9.18. The van der Waals surface area contributed by atoms with E-state index in [0.717, 1.165) is 0 Å². The Balaban J connectivity index is 2.61. The first-order valence-electron chi connectivity index (χ1n) is 5.10. The first-order valence-corrected chi connectivity index (χ1v) is 5.10. The molecule has 92 valence electrons. The second kappa shape index (κ2) is 5.66. The first kappa shape index (κ1) is 12.7. The maximum Gasteiger partial charge on any atom is 0.326 e. The topological polar surface area (TPSA) is 105 Å². The van der Waals surface area contributed by atoms with Crippen LogP contribution < -0.4 is 11.1 Å². The molecule has 0 aromatic rings. The van der Waals surface area contributed by atoms with E-state index in [1.165, 1.54) is 12.0 Å². The van der Waals surface area contributed by atoms with E-state index in [9.17, 15) is 9.59 Å². The largest absolute Gasteiger partial charge is 0.480 e. The Bertz CT molecular complexity index is 271. The summed E-state index contributed by atoms with van der Waals surface area (Å²) in [7, 11) is 1.50. The summed E-state index contributed by atoms with van der Waals surface area (Å²) in [6.45, 7) is 0.953. The van der Waals surface area contributed by atoms with Crippen molar-refractivity contribution in [2.75, 3.05) is 26.7 Å². The van der Waals surface area contributed by atoms with Crippen LogP contribution in [0.15, 0.2) is 0 Å². The van der Waals surface area contributed by atoms with Gasteiger partial charge in [0.1, 0.15) is 6.04 Å². The molecule has 7 heteroatoms. The summed E-state index contributed by atoms with van der Waals surface area (Å²) in [6, 6.07) is -1.22. The van der Waals surface area contributed by atoms with Gasteiger partial charge >= 0.3 is 12.0 Å². The number of carboxylic acids is 1. The maximum atomic E-state index is 11.6. The molecule has 16 heavy (non-hydrogen) atoms. The predicted molar refractivity (Wildman–Crippen MR) is 56.0 cm³/mol. The number of amides is 2. The number of carbonyl (C=O) groups is 2. The molecule has 0 aromatic carbocycles. The number of nitrogens with one attached hydrogen (secondary N) is 1. The second-order valence-corrected chi connectivity index (χ2v) is 3.62. The molecule has 0 saturated carbocycles. The van der Waals surface area contributed by atoms with Crippen molar-refractivity contribution < 1.29 is 19.4 Å². The number of hydrogen-bond donors (Lipinski definition) is 3. The minimum Gasteiger partial charge on any atom is -0.480 e. The number of likely N-dealkylation sites (tertiary alicyclic amines) is 1. The van der Waals surface area contributed by atoms with Crippen LogP contribution in [0.3, 0.4) is 0 Å². The monoisotopic (exact) mass is 231 g/mol. The number of nitrogens with zero attached hydrogens (tertiary/aromatic N) is 1. The Morgan fingerprint density at radius 1 is 1.62 bits per heavy atom. The molecule has 2 amide bonds. The lowest BCUT2D eigenvalue weighted by atomic mass is 10.2. The van der Waals surface area contributed by atoms with Gasteiger partial charge < -0.3 is 25.8 Å². The molecule has 1 rings (SSSR count). The molecule has 1 saturated heterocycles. The van der Waals surface area contributed by atoms with E-state index in [2.05, 4.69) is 5.32 Å². The van der Waals surface area contributed by atoms with Crippen LogP contribution in [0.2, 0.25) is 0 Å². The van der Waals surface area contributed by atoms with Crippen molar-refractivity contribution in [3.05, 3.63) is 0 Å². The van der Waals surface area contributed by atoms with Crippen LogP contribution >= 0.6 is 0 Å². The highest BCUT2D eigenvalue weighted by Gasteiger charge is 2.39. The summed E-state index contributed by atoms with van der Waals surface area (Å²) >= 11 is 0. The Morgan fingerprint density at radius 3 is 2.81 bits per heavy atom. The molecule has 1 fully saturated rings. The molecular weight excluding hydrogens is 214 g/mol. The quantitative estimate of drug-likeness (QED) is 0.565. The number of aliphatic carboxylic acids is 1. The molecule has 1 aliphatic heterocycles. The third kappa shape index (κ3) is 2.83. The number of nitrogens with two attached hydrogens (primary N) is 1. The highest BCUT2D eigenvalue weighted by molar-refractivity contribution is 5.83. The molecule has 1 aliphatic rings. The third-order valence-corrected chi connectivity index (χ3v) is 2.56.